The van der Waals surface area contributed by atoms with E-state index >= 15 is 0 Å². The molecule has 0 saturated heterocycles. The van der Waals surface area contributed by atoms with Crippen molar-refractivity contribution in [1.82, 2.24) is 15.0 Å². The summed E-state index contributed by atoms with van der Waals surface area (Å²) in [6, 6.07) is 7.64. The number of hydrogen-bond acceptors (Lipinski definition) is 3. The molecule has 0 spiro atoms. The molecule has 1 aromatic heterocycles. The Kier molecular flexibility index (Phi) is 2.95. The van der Waals surface area contributed by atoms with Crippen molar-refractivity contribution in [2.45, 2.75) is 13.5 Å². The third-order valence-corrected chi connectivity index (χ3v) is 2.09. The lowest BCUT2D eigenvalue weighted by Crippen LogP contribution is -2.06. The Hall–Kier alpha value is -2.17. The van der Waals surface area contributed by atoms with E-state index in [4.69, 9.17) is 0 Å². The predicted molar refractivity (Wildman–Crippen MR) is 59.9 cm³/mol. The van der Waals surface area contributed by atoms with Crippen molar-refractivity contribution in [2.75, 3.05) is 5.32 Å². The fourth-order valence-electron chi connectivity index (χ4n) is 1.40. The summed E-state index contributed by atoms with van der Waals surface area (Å²) in [5, 5.41) is 10.3. The largest absolute Gasteiger partial charge is 0.326 e. The molecule has 82 valence electrons. The number of nitrogens with one attached hydrogen (secondary N) is 1. The summed E-state index contributed by atoms with van der Waals surface area (Å²) in [6.45, 7) is 2.17. The Labute approximate surface area is 93.1 Å². The molecule has 0 atom stereocenters. The number of nitrogens with zero attached hydrogens (tertiary/aromatic N) is 3. The summed E-state index contributed by atoms with van der Waals surface area (Å²) in [6.07, 6.45) is 3.45. The number of rotatable bonds is 3. The van der Waals surface area contributed by atoms with E-state index in [0.29, 0.717) is 6.54 Å². The van der Waals surface area contributed by atoms with Gasteiger partial charge < -0.3 is 5.32 Å². The van der Waals surface area contributed by atoms with Gasteiger partial charge in [-0.3, -0.25) is 4.79 Å². The van der Waals surface area contributed by atoms with Crippen molar-refractivity contribution in [1.29, 1.82) is 0 Å². The van der Waals surface area contributed by atoms with Crippen molar-refractivity contribution in [3.05, 3.63) is 42.2 Å². The molecule has 0 aliphatic heterocycles. The molecule has 1 heterocycles. The van der Waals surface area contributed by atoms with E-state index in [9.17, 15) is 4.79 Å². The van der Waals surface area contributed by atoms with Crippen LogP contribution in [0.2, 0.25) is 0 Å². The normalized spacial score (nSPS) is 10.1. The first kappa shape index (κ1) is 10.4. The van der Waals surface area contributed by atoms with Crippen molar-refractivity contribution in [3.8, 4) is 0 Å². The Morgan fingerprint density at radius 1 is 1.38 bits per heavy atom. The SMILES string of the molecule is CC(=O)Nc1ccc(Cn2ccnn2)cc1. The van der Waals surface area contributed by atoms with Gasteiger partial charge in [0.05, 0.1) is 12.7 Å². The Morgan fingerprint density at radius 2 is 2.12 bits per heavy atom. The fraction of sp³-hybridized carbons (Fsp3) is 0.182. The number of hydrogen-bond donors (Lipinski definition) is 1. The zero-order chi connectivity index (χ0) is 11.4. The second kappa shape index (κ2) is 4.57. The molecule has 1 amide bonds. The monoisotopic (exact) mass is 216 g/mol. The van der Waals surface area contributed by atoms with Gasteiger partial charge in [0.2, 0.25) is 5.91 Å². The van der Waals surface area contributed by atoms with Gasteiger partial charge in [-0.15, -0.1) is 5.10 Å². The van der Waals surface area contributed by atoms with Crippen LogP contribution < -0.4 is 5.32 Å². The first-order valence-electron chi connectivity index (χ1n) is 4.95. The molecule has 16 heavy (non-hydrogen) atoms. The van der Waals surface area contributed by atoms with E-state index in [1.165, 1.54) is 6.92 Å². The topological polar surface area (TPSA) is 59.8 Å². The number of carbonyl (C=O) groups excluding carboxylic acids is 1. The molecule has 1 N–H and O–H groups in total. The average molecular weight is 216 g/mol. The number of anilines is 1. The number of amides is 1. The van der Waals surface area contributed by atoms with Gasteiger partial charge in [-0.25, -0.2) is 4.68 Å². The second-order valence-electron chi connectivity index (χ2n) is 3.48. The third-order valence-electron chi connectivity index (χ3n) is 2.09. The van der Waals surface area contributed by atoms with Crippen molar-refractivity contribution >= 4 is 11.6 Å². The molecule has 2 aromatic rings. The highest BCUT2D eigenvalue weighted by molar-refractivity contribution is 5.88. The van der Waals surface area contributed by atoms with E-state index in [2.05, 4.69) is 15.6 Å². The zero-order valence-corrected chi connectivity index (χ0v) is 8.92. The smallest absolute Gasteiger partial charge is 0.221 e. The van der Waals surface area contributed by atoms with E-state index in [1.807, 2.05) is 30.5 Å². The van der Waals surface area contributed by atoms with Crippen molar-refractivity contribution in [3.63, 3.8) is 0 Å². The van der Waals surface area contributed by atoms with Gasteiger partial charge in [0, 0.05) is 18.8 Å². The third kappa shape index (κ3) is 2.66. The van der Waals surface area contributed by atoms with Crippen LogP contribution in [0.15, 0.2) is 36.7 Å². The van der Waals surface area contributed by atoms with Gasteiger partial charge in [-0.1, -0.05) is 17.3 Å². The average Bonchev–Trinajstić information content (AvgIpc) is 2.73. The summed E-state index contributed by atoms with van der Waals surface area (Å²) in [7, 11) is 0. The molecule has 0 saturated carbocycles. The maximum atomic E-state index is 10.8. The van der Waals surface area contributed by atoms with E-state index in [-0.39, 0.29) is 5.91 Å². The summed E-state index contributed by atoms with van der Waals surface area (Å²) in [5.41, 5.74) is 1.91. The number of benzene rings is 1. The highest BCUT2D eigenvalue weighted by Gasteiger charge is 1.97. The van der Waals surface area contributed by atoms with Crippen LogP contribution in [0.1, 0.15) is 12.5 Å². The molecule has 0 unspecified atom stereocenters. The Morgan fingerprint density at radius 3 is 2.69 bits per heavy atom. The van der Waals surface area contributed by atoms with E-state index in [0.717, 1.165) is 11.3 Å². The molecule has 0 aliphatic rings. The van der Waals surface area contributed by atoms with Crippen molar-refractivity contribution in [2.24, 2.45) is 0 Å². The second-order valence-corrected chi connectivity index (χ2v) is 3.48. The standard InChI is InChI=1S/C11H12N4O/c1-9(16)13-11-4-2-10(3-5-11)8-15-7-6-12-14-15/h2-7H,8H2,1H3,(H,13,16). The quantitative estimate of drug-likeness (QED) is 0.840. The molecule has 1 aromatic carbocycles. The van der Waals surface area contributed by atoms with Gasteiger partial charge >= 0.3 is 0 Å². The van der Waals surface area contributed by atoms with Crippen LogP contribution >= 0.6 is 0 Å². The molecule has 2 rings (SSSR count). The van der Waals surface area contributed by atoms with Crippen LogP contribution in [-0.2, 0) is 11.3 Å². The summed E-state index contributed by atoms with van der Waals surface area (Å²) >= 11 is 0. The number of carbonyl (C=O) groups is 1. The van der Waals surface area contributed by atoms with E-state index in [1.54, 1.807) is 10.9 Å². The highest BCUT2D eigenvalue weighted by Crippen LogP contribution is 2.10. The fourth-order valence-corrected chi connectivity index (χ4v) is 1.40. The van der Waals surface area contributed by atoms with Crippen molar-refractivity contribution < 1.29 is 4.79 Å². The molecule has 0 bridgehead atoms. The molecule has 0 radical (unpaired) electrons. The first-order valence-corrected chi connectivity index (χ1v) is 4.95. The molecule has 5 nitrogen and oxygen atoms in total. The minimum absolute atomic E-state index is 0.0657. The van der Waals surface area contributed by atoms with Crippen LogP contribution in [0.5, 0.6) is 0 Å². The molecular formula is C11H12N4O. The Bertz CT molecular complexity index is 461. The van der Waals surface area contributed by atoms with Crippen LogP contribution in [0.4, 0.5) is 5.69 Å². The minimum atomic E-state index is -0.0657. The highest BCUT2D eigenvalue weighted by atomic mass is 16.1. The molecular weight excluding hydrogens is 204 g/mol. The number of aromatic nitrogens is 3. The maximum absolute atomic E-state index is 10.8. The van der Waals surface area contributed by atoms with E-state index < -0.39 is 0 Å². The van der Waals surface area contributed by atoms with Crippen LogP contribution in [0, 0.1) is 0 Å². The molecule has 0 fully saturated rings. The molecule has 5 heteroatoms. The van der Waals surface area contributed by atoms with Gasteiger partial charge in [0.25, 0.3) is 0 Å². The van der Waals surface area contributed by atoms with Gasteiger partial charge in [0.1, 0.15) is 0 Å². The molecule has 0 aliphatic carbocycles. The van der Waals surface area contributed by atoms with Gasteiger partial charge in [-0.05, 0) is 17.7 Å². The first-order chi connectivity index (χ1) is 7.74. The lowest BCUT2D eigenvalue weighted by atomic mass is 10.2. The van der Waals surface area contributed by atoms with Gasteiger partial charge in [0.15, 0.2) is 0 Å². The summed E-state index contributed by atoms with van der Waals surface area (Å²) < 4.78 is 1.74. The zero-order valence-electron chi connectivity index (χ0n) is 8.92. The summed E-state index contributed by atoms with van der Waals surface area (Å²) in [4.78, 5) is 10.8. The van der Waals surface area contributed by atoms with Crippen LogP contribution in [0.3, 0.4) is 0 Å². The summed E-state index contributed by atoms with van der Waals surface area (Å²) in [5.74, 6) is -0.0657. The maximum Gasteiger partial charge on any atom is 0.221 e. The lowest BCUT2D eigenvalue weighted by molar-refractivity contribution is -0.114. The van der Waals surface area contributed by atoms with Gasteiger partial charge in [-0.2, -0.15) is 0 Å². The van der Waals surface area contributed by atoms with Crippen LogP contribution in [0.25, 0.3) is 0 Å². The predicted octanol–water partition coefficient (Wildman–Crippen LogP) is 1.28. The Balaban J connectivity index is 2.05. The van der Waals surface area contributed by atoms with Crippen LogP contribution in [-0.4, -0.2) is 20.9 Å². The lowest BCUT2D eigenvalue weighted by Gasteiger charge is -2.04. The minimum Gasteiger partial charge on any atom is -0.326 e.